The number of aliphatic hydroxyl groups is 5. The highest BCUT2D eigenvalue weighted by Crippen LogP contribution is 2.32. The number of halogens is 1. The van der Waals surface area contributed by atoms with Crippen molar-refractivity contribution < 1.29 is 54.1 Å². The summed E-state index contributed by atoms with van der Waals surface area (Å²) in [5, 5.41) is 59.6. The molecule has 15 heteroatoms. The number of amides is 1. The lowest BCUT2D eigenvalue weighted by molar-refractivity contribution is -0.155. The average Bonchev–Trinajstić information content (AvgIpc) is 3.62. The number of nitrogens with two attached hydrogens (primary N) is 1. The number of anilines is 1. The van der Waals surface area contributed by atoms with Crippen molar-refractivity contribution in [3.63, 3.8) is 0 Å². The number of carbonyl (C=O) groups is 1. The topological polar surface area (TPSA) is 215 Å². The molecular formula is C30H36ClN3O11. The molecule has 1 saturated carbocycles. The number of rotatable bonds is 9. The molecule has 1 amide bonds. The first kappa shape index (κ1) is 33.1. The molecule has 0 aromatic heterocycles. The van der Waals surface area contributed by atoms with Crippen molar-refractivity contribution >= 4 is 35.0 Å². The molecule has 2 saturated heterocycles. The fourth-order valence-electron chi connectivity index (χ4n) is 5.39. The van der Waals surface area contributed by atoms with Crippen LogP contribution in [0, 0.1) is 0 Å². The third-order valence-electron chi connectivity index (χ3n) is 7.94. The van der Waals surface area contributed by atoms with E-state index in [4.69, 9.17) is 41.1 Å². The maximum absolute atomic E-state index is 12.9. The van der Waals surface area contributed by atoms with E-state index in [9.17, 15) is 30.3 Å². The van der Waals surface area contributed by atoms with Crippen LogP contribution in [0.15, 0.2) is 53.2 Å². The van der Waals surface area contributed by atoms with E-state index in [1.165, 1.54) is 25.1 Å². The van der Waals surface area contributed by atoms with Crippen LogP contribution in [0.2, 0.25) is 5.02 Å². The highest BCUT2D eigenvalue weighted by atomic mass is 35.5. The van der Waals surface area contributed by atoms with E-state index < -0.39 is 67.1 Å². The molecule has 0 radical (unpaired) electrons. The number of fused-ring (bicyclic) bond motifs is 1. The molecule has 0 bridgehead atoms. The van der Waals surface area contributed by atoms with Crippen LogP contribution in [0.25, 0.3) is 6.08 Å². The van der Waals surface area contributed by atoms with Crippen molar-refractivity contribution in [2.24, 2.45) is 5.16 Å². The van der Waals surface area contributed by atoms with Gasteiger partial charge in [-0.05, 0) is 43.7 Å². The van der Waals surface area contributed by atoms with Gasteiger partial charge in [0, 0.05) is 16.2 Å². The minimum Gasteiger partial charge on any atom is -0.460 e. The summed E-state index contributed by atoms with van der Waals surface area (Å²) in [5.74, 6) is -0.441. The summed E-state index contributed by atoms with van der Waals surface area (Å²) in [6.07, 6.45) is -9.47. The van der Waals surface area contributed by atoms with Crippen molar-refractivity contribution in [1.29, 1.82) is 0 Å². The molecule has 2 aromatic rings. The number of nitrogens with one attached hydrogen (secondary N) is 1. The van der Waals surface area contributed by atoms with Crippen molar-refractivity contribution in [2.75, 3.05) is 12.5 Å². The molecule has 1 aliphatic carbocycles. The molecule has 5 rings (SSSR count). The van der Waals surface area contributed by atoms with Crippen LogP contribution in [-0.4, -0.2) is 105 Å². The van der Waals surface area contributed by atoms with E-state index in [1.54, 1.807) is 31.2 Å². The molecule has 14 nitrogen and oxygen atoms in total. The Labute approximate surface area is 263 Å². The average molecular weight is 650 g/mol. The minimum absolute atomic E-state index is 0.0969. The number of carbonyl (C=O) groups excluding carboxylic acids is 1. The van der Waals surface area contributed by atoms with E-state index in [-0.39, 0.29) is 36.1 Å². The van der Waals surface area contributed by atoms with Crippen molar-refractivity contribution in [2.45, 2.75) is 81.6 Å². The van der Waals surface area contributed by atoms with Crippen LogP contribution in [0.1, 0.15) is 25.0 Å². The fourth-order valence-corrected chi connectivity index (χ4v) is 5.58. The smallest absolute Gasteiger partial charge is 0.247 e. The predicted molar refractivity (Wildman–Crippen MR) is 160 cm³/mol. The number of hydrogen-bond donors (Lipinski definition) is 7. The number of hydrogen-bond acceptors (Lipinski definition) is 13. The maximum atomic E-state index is 12.9. The molecule has 10 atom stereocenters. The molecule has 0 spiro atoms. The van der Waals surface area contributed by atoms with E-state index in [2.05, 4.69) is 10.5 Å². The van der Waals surface area contributed by atoms with Gasteiger partial charge in [-0.1, -0.05) is 41.0 Å². The first-order valence-electron chi connectivity index (χ1n) is 14.2. The Bertz CT molecular complexity index is 1440. The summed E-state index contributed by atoms with van der Waals surface area (Å²) in [6, 6.07) is 10.6. The second kappa shape index (κ2) is 14.0. The summed E-state index contributed by atoms with van der Waals surface area (Å²) >= 11 is 6.13. The third kappa shape index (κ3) is 7.09. The zero-order valence-corrected chi connectivity index (χ0v) is 25.2. The fraction of sp³-hybridized carbons (Fsp3) is 0.467. The first-order chi connectivity index (χ1) is 21.5. The summed E-state index contributed by atoms with van der Waals surface area (Å²) in [5.41, 5.74) is 8.08. The Hall–Kier alpha value is -3.31. The number of nitrogen functional groups attached to an aromatic ring is 1. The second-order valence-electron chi connectivity index (χ2n) is 11.1. The van der Waals surface area contributed by atoms with Gasteiger partial charge in [-0.15, -0.1) is 0 Å². The van der Waals surface area contributed by atoms with Gasteiger partial charge in [0.05, 0.1) is 17.4 Å². The lowest BCUT2D eigenvalue weighted by atomic mass is 9.83. The Balaban J connectivity index is 1.18. The number of aliphatic hydroxyl groups excluding tert-OH is 5. The quantitative estimate of drug-likeness (QED) is 0.0831. The molecule has 45 heavy (non-hydrogen) atoms. The SMILES string of the molecule is C/C(=C\c1ccc(O[C@@H]2O[C@H](/C(C)=N/OCc3ccccc3Cl)[C@@H](O)[C@H]2O)c(N)c1)C(=O)N[C@@H]1C(O)C(O)C2OCO[C@H]2[C@@H]1O. The van der Waals surface area contributed by atoms with Crippen LogP contribution in [-0.2, 0) is 30.4 Å². The minimum atomic E-state index is -1.48. The van der Waals surface area contributed by atoms with Gasteiger partial charge >= 0.3 is 0 Å². The van der Waals surface area contributed by atoms with Gasteiger partial charge in [0.2, 0.25) is 12.2 Å². The van der Waals surface area contributed by atoms with Crippen molar-refractivity contribution in [1.82, 2.24) is 5.32 Å². The first-order valence-corrected chi connectivity index (χ1v) is 14.6. The lowest BCUT2D eigenvalue weighted by Gasteiger charge is -2.41. The highest BCUT2D eigenvalue weighted by molar-refractivity contribution is 6.31. The molecule has 3 unspecified atom stereocenters. The molecule has 3 aliphatic rings. The van der Waals surface area contributed by atoms with Gasteiger partial charge in [-0.2, -0.15) is 0 Å². The third-order valence-corrected chi connectivity index (χ3v) is 8.31. The zero-order chi connectivity index (χ0) is 32.4. The number of benzene rings is 2. The molecular weight excluding hydrogens is 614 g/mol. The molecule has 8 N–H and O–H groups in total. The summed E-state index contributed by atoms with van der Waals surface area (Å²) < 4.78 is 22.0. The maximum Gasteiger partial charge on any atom is 0.247 e. The summed E-state index contributed by atoms with van der Waals surface area (Å²) in [6.45, 7) is 3.06. The van der Waals surface area contributed by atoms with Crippen molar-refractivity contribution in [3.8, 4) is 5.75 Å². The van der Waals surface area contributed by atoms with Gasteiger partial charge in [-0.3, -0.25) is 4.79 Å². The molecule has 244 valence electrons. The van der Waals surface area contributed by atoms with Gasteiger partial charge in [0.25, 0.3) is 0 Å². The van der Waals surface area contributed by atoms with Gasteiger partial charge in [-0.25, -0.2) is 0 Å². The number of ether oxygens (including phenoxy) is 4. The predicted octanol–water partition coefficient (Wildman–Crippen LogP) is 0.0663. The van der Waals surface area contributed by atoms with Crippen LogP contribution in [0.5, 0.6) is 5.75 Å². The molecule has 2 aliphatic heterocycles. The number of nitrogens with zero attached hydrogens (tertiary/aromatic N) is 1. The van der Waals surface area contributed by atoms with Crippen LogP contribution in [0.4, 0.5) is 5.69 Å². The van der Waals surface area contributed by atoms with Crippen molar-refractivity contribution in [3.05, 3.63) is 64.2 Å². The van der Waals surface area contributed by atoms with Crippen LogP contribution in [0.3, 0.4) is 0 Å². The molecule has 2 aromatic carbocycles. The Kier molecular flexibility index (Phi) is 10.3. The Morgan fingerprint density at radius 2 is 1.73 bits per heavy atom. The zero-order valence-electron chi connectivity index (χ0n) is 24.4. The summed E-state index contributed by atoms with van der Waals surface area (Å²) in [7, 11) is 0. The van der Waals surface area contributed by atoms with Crippen LogP contribution >= 0.6 is 11.6 Å². The van der Waals surface area contributed by atoms with Gasteiger partial charge < -0.3 is 60.4 Å². The van der Waals surface area contributed by atoms with Gasteiger partial charge in [0.15, 0.2) is 0 Å². The van der Waals surface area contributed by atoms with Gasteiger partial charge in [0.1, 0.15) is 68.0 Å². The van der Waals surface area contributed by atoms with E-state index >= 15 is 0 Å². The largest absolute Gasteiger partial charge is 0.460 e. The molecule has 3 fully saturated rings. The van der Waals surface area contributed by atoms with Crippen LogP contribution < -0.4 is 15.8 Å². The standard InChI is InChI=1S/C30H36ClN3O11/c1-13(29(40)33-20-21(35)23(37)28-27(22(20)36)41-12-42-28)9-15-7-8-19(18(32)10-15)44-30-25(39)24(38)26(45-30)14(2)34-43-11-16-5-3-4-6-17(16)31/h3-10,20-28,30,35-39H,11-12,32H2,1-2H3,(H,33,40)/b13-9+,34-14+/t20-,21?,22-,23?,24+,25-,26-,27+,28?,30-/m1/s1. The van der Waals surface area contributed by atoms with E-state index in [0.29, 0.717) is 10.6 Å². The lowest BCUT2D eigenvalue weighted by Crippen LogP contribution is -2.67. The summed E-state index contributed by atoms with van der Waals surface area (Å²) in [4.78, 5) is 18.2. The Morgan fingerprint density at radius 1 is 1.02 bits per heavy atom. The monoisotopic (exact) mass is 649 g/mol. The second-order valence-corrected chi connectivity index (χ2v) is 11.5. The number of oxime groups is 1. The highest BCUT2D eigenvalue weighted by Gasteiger charge is 2.53. The van der Waals surface area contributed by atoms with E-state index in [1.807, 2.05) is 6.07 Å². The normalized spacial score (nSPS) is 33.5. The van der Waals surface area contributed by atoms with E-state index in [0.717, 1.165) is 5.56 Å². The Morgan fingerprint density at radius 3 is 2.44 bits per heavy atom. The molecule has 2 heterocycles.